The van der Waals surface area contributed by atoms with Crippen LogP contribution in [0.15, 0.2) is 84.3 Å². The van der Waals surface area contributed by atoms with Crippen LogP contribution < -0.4 is 5.32 Å². The lowest BCUT2D eigenvalue weighted by atomic mass is 10.0. The summed E-state index contributed by atoms with van der Waals surface area (Å²) < 4.78 is 1.96. The first-order valence-corrected chi connectivity index (χ1v) is 12.1. The van der Waals surface area contributed by atoms with Crippen LogP contribution >= 0.6 is 23.4 Å². The predicted molar refractivity (Wildman–Crippen MR) is 130 cm³/mol. The Morgan fingerprint density at radius 1 is 1.06 bits per heavy atom. The third kappa shape index (κ3) is 5.10. The summed E-state index contributed by atoms with van der Waals surface area (Å²) in [7, 11) is 0. The molecule has 8 heteroatoms. The zero-order chi connectivity index (χ0) is 22.6. The van der Waals surface area contributed by atoms with Crippen LogP contribution in [0.25, 0.3) is 17.1 Å². The van der Waals surface area contributed by atoms with Crippen LogP contribution in [0, 0.1) is 5.92 Å². The van der Waals surface area contributed by atoms with E-state index in [2.05, 4.69) is 20.5 Å². The number of nitrogens with zero attached hydrogens (tertiary/aromatic N) is 4. The third-order valence-electron chi connectivity index (χ3n) is 5.54. The number of pyridine rings is 1. The van der Waals surface area contributed by atoms with E-state index in [4.69, 9.17) is 11.6 Å². The minimum absolute atomic E-state index is 0.00770. The number of amides is 1. The highest BCUT2D eigenvalue weighted by atomic mass is 35.5. The average molecular weight is 476 g/mol. The van der Waals surface area contributed by atoms with Crippen molar-refractivity contribution in [3.05, 3.63) is 89.7 Å². The minimum Gasteiger partial charge on any atom is -0.348 e. The summed E-state index contributed by atoms with van der Waals surface area (Å²) in [4.78, 5) is 17.1. The molecule has 1 fully saturated rings. The smallest absolute Gasteiger partial charge is 0.230 e. The van der Waals surface area contributed by atoms with E-state index in [1.807, 2.05) is 71.3 Å². The van der Waals surface area contributed by atoms with Crippen molar-refractivity contribution in [1.29, 1.82) is 0 Å². The topological polar surface area (TPSA) is 72.7 Å². The molecule has 0 aliphatic heterocycles. The summed E-state index contributed by atoms with van der Waals surface area (Å²) in [5, 5.41) is 13.4. The van der Waals surface area contributed by atoms with Gasteiger partial charge in [-0.3, -0.25) is 14.3 Å². The largest absolute Gasteiger partial charge is 0.348 e. The number of hydrogen-bond acceptors (Lipinski definition) is 5. The minimum atomic E-state index is -0.0302. The van der Waals surface area contributed by atoms with Gasteiger partial charge in [-0.2, -0.15) is 0 Å². The fourth-order valence-electron chi connectivity index (χ4n) is 3.77. The summed E-state index contributed by atoms with van der Waals surface area (Å²) in [6.07, 6.45) is 5.73. The molecule has 1 aliphatic carbocycles. The van der Waals surface area contributed by atoms with Crippen molar-refractivity contribution in [2.75, 3.05) is 5.75 Å². The van der Waals surface area contributed by atoms with Gasteiger partial charge in [-0.25, -0.2) is 0 Å². The number of rotatable bonds is 8. The number of halogens is 1. The number of nitrogens with one attached hydrogen (secondary N) is 1. The molecule has 33 heavy (non-hydrogen) atoms. The standard InChI is InChI=1S/C25H22ClN5OS/c26-20-12-10-18(11-13-20)23(17-8-9-17)28-22(32)16-33-25-30-29-24(19-5-4-14-27-15-19)31(25)21-6-2-1-3-7-21/h1-7,10-15,17,23H,8-9,16H2,(H,28,32)/t23-/m1/s1. The van der Waals surface area contributed by atoms with E-state index in [-0.39, 0.29) is 17.7 Å². The van der Waals surface area contributed by atoms with Crippen molar-refractivity contribution in [3.63, 3.8) is 0 Å². The first kappa shape index (κ1) is 21.7. The molecule has 0 saturated heterocycles. The molecule has 6 nitrogen and oxygen atoms in total. The van der Waals surface area contributed by atoms with Crippen LogP contribution in [0.1, 0.15) is 24.4 Å². The van der Waals surface area contributed by atoms with Gasteiger partial charge < -0.3 is 5.32 Å². The monoisotopic (exact) mass is 475 g/mol. The van der Waals surface area contributed by atoms with Gasteiger partial charge >= 0.3 is 0 Å². The van der Waals surface area contributed by atoms with Crippen LogP contribution in [-0.2, 0) is 4.79 Å². The van der Waals surface area contributed by atoms with E-state index >= 15 is 0 Å². The van der Waals surface area contributed by atoms with Crippen LogP contribution in [0.2, 0.25) is 5.02 Å². The Hall–Kier alpha value is -3.16. The van der Waals surface area contributed by atoms with Crippen molar-refractivity contribution in [2.45, 2.75) is 24.0 Å². The zero-order valence-electron chi connectivity index (χ0n) is 17.8. The summed E-state index contributed by atoms with van der Waals surface area (Å²) in [6.45, 7) is 0. The van der Waals surface area contributed by atoms with Gasteiger partial charge in [-0.15, -0.1) is 10.2 Å². The molecule has 2 heterocycles. The molecule has 166 valence electrons. The molecule has 0 bridgehead atoms. The summed E-state index contributed by atoms with van der Waals surface area (Å²) in [6, 6.07) is 21.4. The highest BCUT2D eigenvalue weighted by Gasteiger charge is 2.33. The second-order valence-electron chi connectivity index (χ2n) is 7.94. The maximum atomic E-state index is 12.9. The maximum Gasteiger partial charge on any atom is 0.230 e. The fraction of sp³-hybridized carbons (Fsp3) is 0.200. The van der Waals surface area contributed by atoms with Gasteiger partial charge in [0.2, 0.25) is 5.91 Å². The lowest BCUT2D eigenvalue weighted by Gasteiger charge is -2.19. The quantitative estimate of drug-likeness (QED) is 0.348. The van der Waals surface area contributed by atoms with Gasteiger partial charge in [0.1, 0.15) is 0 Å². The van der Waals surface area contributed by atoms with E-state index in [0.29, 0.717) is 21.9 Å². The first-order valence-electron chi connectivity index (χ1n) is 10.8. The lowest BCUT2D eigenvalue weighted by molar-refractivity contribution is -0.119. The van der Waals surface area contributed by atoms with E-state index in [0.717, 1.165) is 29.7 Å². The van der Waals surface area contributed by atoms with Crippen LogP contribution in [0.4, 0.5) is 0 Å². The number of benzene rings is 2. The second-order valence-corrected chi connectivity index (χ2v) is 9.32. The number of para-hydroxylation sites is 1. The Labute approximate surface area is 201 Å². The van der Waals surface area contributed by atoms with Gasteiger partial charge in [0.15, 0.2) is 11.0 Å². The van der Waals surface area contributed by atoms with E-state index in [1.54, 1.807) is 12.4 Å². The number of aromatic nitrogens is 4. The van der Waals surface area contributed by atoms with E-state index in [9.17, 15) is 4.79 Å². The van der Waals surface area contributed by atoms with Crippen molar-refractivity contribution in [3.8, 4) is 17.1 Å². The molecule has 0 spiro atoms. The normalized spacial score (nSPS) is 14.1. The Kier molecular flexibility index (Phi) is 6.41. The molecule has 1 aliphatic rings. The molecule has 0 unspecified atom stereocenters. The first-order chi connectivity index (χ1) is 16.2. The van der Waals surface area contributed by atoms with Crippen molar-refractivity contribution >= 4 is 29.3 Å². The Morgan fingerprint density at radius 2 is 1.85 bits per heavy atom. The number of hydrogen-bond donors (Lipinski definition) is 1. The number of thioether (sulfide) groups is 1. The second kappa shape index (κ2) is 9.77. The van der Waals surface area contributed by atoms with Gasteiger partial charge in [-0.1, -0.05) is 53.7 Å². The SMILES string of the molecule is O=C(CSc1nnc(-c2cccnc2)n1-c1ccccc1)N[C@@H](c1ccc(Cl)cc1)C1CC1. The molecule has 2 aromatic carbocycles. The third-order valence-corrected chi connectivity index (χ3v) is 6.72. The highest BCUT2D eigenvalue weighted by Crippen LogP contribution is 2.41. The van der Waals surface area contributed by atoms with Gasteiger partial charge in [0, 0.05) is 28.7 Å². The van der Waals surface area contributed by atoms with E-state index in [1.165, 1.54) is 11.8 Å². The molecular weight excluding hydrogens is 454 g/mol. The highest BCUT2D eigenvalue weighted by molar-refractivity contribution is 7.99. The summed E-state index contributed by atoms with van der Waals surface area (Å²) in [5.74, 6) is 1.38. The summed E-state index contributed by atoms with van der Waals surface area (Å²) in [5.41, 5.74) is 2.88. The molecule has 1 amide bonds. The van der Waals surface area contributed by atoms with Crippen LogP contribution in [-0.4, -0.2) is 31.4 Å². The Balaban J connectivity index is 1.34. The van der Waals surface area contributed by atoms with Crippen LogP contribution in [0.3, 0.4) is 0 Å². The average Bonchev–Trinajstić information content (AvgIpc) is 3.61. The maximum absolute atomic E-state index is 12.9. The van der Waals surface area contributed by atoms with E-state index < -0.39 is 0 Å². The zero-order valence-corrected chi connectivity index (χ0v) is 19.3. The van der Waals surface area contributed by atoms with Gasteiger partial charge in [-0.05, 0) is 60.7 Å². The molecule has 2 aromatic heterocycles. The molecule has 4 aromatic rings. The number of carbonyl (C=O) groups is 1. The lowest BCUT2D eigenvalue weighted by Crippen LogP contribution is -2.31. The van der Waals surface area contributed by atoms with Crippen molar-refractivity contribution in [1.82, 2.24) is 25.1 Å². The van der Waals surface area contributed by atoms with Gasteiger partial charge in [0.05, 0.1) is 11.8 Å². The van der Waals surface area contributed by atoms with Crippen molar-refractivity contribution < 1.29 is 4.79 Å². The van der Waals surface area contributed by atoms with Crippen molar-refractivity contribution in [2.24, 2.45) is 5.92 Å². The molecule has 1 atom stereocenters. The Bertz CT molecular complexity index is 1230. The fourth-order valence-corrected chi connectivity index (χ4v) is 4.66. The Morgan fingerprint density at radius 3 is 2.55 bits per heavy atom. The summed E-state index contributed by atoms with van der Waals surface area (Å²) >= 11 is 7.41. The van der Waals surface area contributed by atoms with Crippen LogP contribution in [0.5, 0.6) is 0 Å². The molecule has 5 rings (SSSR count). The molecule has 0 radical (unpaired) electrons. The molecule has 1 N–H and O–H groups in total. The predicted octanol–water partition coefficient (Wildman–Crippen LogP) is 5.34. The number of carbonyl (C=O) groups excluding carboxylic acids is 1. The molecular formula is C25H22ClN5OS. The van der Waals surface area contributed by atoms with Gasteiger partial charge in [0.25, 0.3) is 0 Å². The molecule has 1 saturated carbocycles.